The first kappa shape index (κ1) is 21.0. The summed E-state index contributed by atoms with van der Waals surface area (Å²) in [7, 11) is 0. The predicted octanol–water partition coefficient (Wildman–Crippen LogP) is 4.85. The van der Waals surface area contributed by atoms with Gasteiger partial charge >= 0.3 is 5.97 Å². The number of esters is 1. The van der Waals surface area contributed by atoms with Crippen LogP contribution in [0.25, 0.3) is 11.0 Å². The second-order valence-corrected chi connectivity index (χ2v) is 6.89. The fourth-order valence-electron chi connectivity index (χ4n) is 3.10. The molecule has 7 heteroatoms. The first-order chi connectivity index (χ1) is 15.6. The fraction of sp³-hybridized carbons (Fsp3) is 0.120. The average molecular weight is 431 g/mol. The summed E-state index contributed by atoms with van der Waals surface area (Å²) in [4.78, 5) is 23.9. The summed E-state index contributed by atoms with van der Waals surface area (Å²) in [6.07, 6.45) is 0. The number of hydrogen-bond donors (Lipinski definition) is 1. The van der Waals surface area contributed by atoms with Gasteiger partial charge in [-0.2, -0.15) is 0 Å². The van der Waals surface area contributed by atoms with Crippen molar-refractivity contribution >= 4 is 22.8 Å². The Morgan fingerprint density at radius 3 is 2.25 bits per heavy atom. The minimum atomic E-state index is -0.533. The smallest absolute Gasteiger partial charge is 0.310 e. The van der Waals surface area contributed by atoms with E-state index in [0.29, 0.717) is 33.8 Å². The number of para-hydroxylation sites is 3. The van der Waals surface area contributed by atoms with Gasteiger partial charge in [-0.05, 0) is 30.3 Å². The number of carbonyl (C=O) groups excluding carboxylic acids is 2. The Morgan fingerprint density at radius 2 is 1.56 bits per heavy atom. The number of furan rings is 1. The third-order valence-corrected chi connectivity index (χ3v) is 4.53. The van der Waals surface area contributed by atoms with Gasteiger partial charge in [0.1, 0.15) is 11.5 Å². The molecule has 162 valence electrons. The van der Waals surface area contributed by atoms with Crippen molar-refractivity contribution in [1.29, 1.82) is 0 Å². The van der Waals surface area contributed by atoms with E-state index in [-0.39, 0.29) is 25.0 Å². The molecule has 4 rings (SSSR count). The summed E-state index contributed by atoms with van der Waals surface area (Å²) in [5, 5.41) is 3.44. The highest BCUT2D eigenvalue weighted by Gasteiger charge is 2.21. The quantitative estimate of drug-likeness (QED) is 0.402. The summed E-state index contributed by atoms with van der Waals surface area (Å²) in [5.74, 6) is 0.856. The molecule has 0 bridgehead atoms. The van der Waals surface area contributed by atoms with Crippen molar-refractivity contribution in [3.63, 3.8) is 0 Å². The molecule has 0 aliphatic heterocycles. The van der Waals surface area contributed by atoms with Crippen molar-refractivity contribution in [1.82, 2.24) is 5.32 Å². The lowest BCUT2D eigenvalue weighted by molar-refractivity contribution is -0.133. The van der Waals surface area contributed by atoms with Crippen molar-refractivity contribution in [3.8, 4) is 23.2 Å². The number of benzene rings is 3. The Morgan fingerprint density at radius 1 is 0.875 bits per heavy atom. The number of ether oxygens (including phenoxy) is 3. The highest BCUT2D eigenvalue weighted by Crippen LogP contribution is 2.38. The van der Waals surface area contributed by atoms with Crippen LogP contribution in [-0.2, 0) is 16.1 Å². The van der Waals surface area contributed by atoms with Crippen molar-refractivity contribution in [2.75, 3.05) is 6.61 Å². The zero-order chi connectivity index (χ0) is 22.3. The SMILES string of the molecule is CC(=O)Oc1oc2c(Oc3ccccc3)cccc2c1CNC(=O)COc1ccccc1. The molecule has 1 amide bonds. The maximum atomic E-state index is 12.3. The molecule has 0 unspecified atom stereocenters. The molecule has 0 aliphatic rings. The first-order valence-corrected chi connectivity index (χ1v) is 10.0. The normalized spacial score (nSPS) is 10.5. The number of hydrogen-bond acceptors (Lipinski definition) is 6. The molecule has 1 N–H and O–H groups in total. The third kappa shape index (κ3) is 5.07. The van der Waals surface area contributed by atoms with E-state index >= 15 is 0 Å². The van der Waals surface area contributed by atoms with Gasteiger partial charge < -0.3 is 23.9 Å². The standard InChI is InChI=1S/C25H21NO6/c1-17(27)30-25-21(15-26-23(28)16-29-18-9-4-2-5-10-18)20-13-8-14-22(24(20)32-25)31-19-11-6-3-7-12-19/h2-14H,15-16H2,1H3,(H,26,28). The van der Waals surface area contributed by atoms with E-state index in [0.717, 1.165) is 0 Å². The average Bonchev–Trinajstić information content (AvgIpc) is 3.15. The van der Waals surface area contributed by atoms with E-state index in [1.165, 1.54) is 6.92 Å². The highest BCUT2D eigenvalue weighted by molar-refractivity contribution is 5.89. The summed E-state index contributed by atoms with van der Waals surface area (Å²) in [5.41, 5.74) is 0.944. The van der Waals surface area contributed by atoms with E-state index in [1.54, 1.807) is 24.3 Å². The number of amides is 1. The van der Waals surface area contributed by atoms with Crippen LogP contribution in [0.5, 0.6) is 23.2 Å². The summed E-state index contributed by atoms with van der Waals surface area (Å²) >= 11 is 0. The van der Waals surface area contributed by atoms with Gasteiger partial charge in [0.2, 0.25) is 0 Å². The van der Waals surface area contributed by atoms with Crippen molar-refractivity contribution < 1.29 is 28.2 Å². The molecule has 0 radical (unpaired) electrons. The molecule has 1 heterocycles. The van der Waals surface area contributed by atoms with Crippen molar-refractivity contribution in [2.24, 2.45) is 0 Å². The molecule has 3 aromatic carbocycles. The van der Waals surface area contributed by atoms with Crippen molar-refractivity contribution in [3.05, 3.63) is 84.4 Å². The summed E-state index contributed by atoms with van der Waals surface area (Å²) in [6, 6.07) is 23.7. The summed E-state index contributed by atoms with van der Waals surface area (Å²) < 4.78 is 22.5. The van der Waals surface area contributed by atoms with Crippen LogP contribution in [0.15, 0.2) is 83.3 Å². The zero-order valence-electron chi connectivity index (χ0n) is 17.4. The van der Waals surface area contributed by atoms with Crippen LogP contribution in [0.2, 0.25) is 0 Å². The second kappa shape index (κ2) is 9.70. The topological polar surface area (TPSA) is 87.0 Å². The van der Waals surface area contributed by atoms with E-state index in [4.69, 9.17) is 18.6 Å². The molecule has 0 fully saturated rings. The van der Waals surface area contributed by atoms with Crippen LogP contribution in [-0.4, -0.2) is 18.5 Å². The van der Waals surface area contributed by atoms with Gasteiger partial charge in [0.15, 0.2) is 17.9 Å². The Labute approximate surface area is 184 Å². The molecule has 7 nitrogen and oxygen atoms in total. The van der Waals surface area contributed by atoms with E-state index < -0.39 is 5.97 Å². The Bertz CT molecular complexity index is 1220. The van der Waals surface area contributed by atoms with E-state index in [2.05, 4.69) is 5.32 Å². The third-order valence-electron chi connectivity index (χ3n) is 4.53. The molecule has 0 spiro atoms. The van der Waals surface area contributed by atoms with Gasteiger partial charge in [-0.25, -0.2) is 0 Å². The number of carbonyl (C=O) groups is 2. The molecule has 1 aromatic heterocycles. The number of fused-ring (bicyclic) bond motifs is 1. The van der Waals surface area contributed by atoms with Crippen LogP contribution in [0.3, 0.4) is 0 Å². The second-order valence-electron chi connectivity index (χ2n) is 6.89. The number of rotatable bonds is 8. The van der Waals surface area contributed by atoms with Crippen LogP contribution in [0, 0.1) is 0 Å². The zero-order valence-corrected chi connectivity index (χ0v) is 17.4. The number of nitrogens with one attached hydrogen (secondary N) is 1. The summed E-state index contributed by atoms with van der Waals surface area (Å²) in [6.45, 7) is 1.22. The van der Waals surface area contributed by atoms with Crippen LogP contribution in [0.1, 0.15) is 12.5 Å². The molecule has 0 saturated heterocycles. The minimum Gasteiger partial charge on any atom is -0.484 e. The molecule has 0 atom stereocenters. The van der Waals surface area contributed by atoms with Crippen molar-refractivity contribution in [2.45, 2.75) is 13.5 Å². The van der Waals surface area contributed by atoms with Gasteiger partial charge in [-0.15, -0.1) is 0 Å². The molecule has 0 aliphatic carbocycles. The largest absolute Gasteiger partial charge is 0.484 e. The molecule has 4 aromatic rings. The van der Waals surface area contributed by atoms with Gasteiger partial charge in [0.25, 0.3) is 11.9 Å². The predicted molar refractivity (Wildman–Crippen MR) is 118 cm³/mol. The lowest BCUT2D eigenvalue weighted by atomic mass is 10.1. The van der Waals surface area contributed by atoms with Crippen LogP contribution >= 0.6 is 0 Å². The van der Waals surface area contributed by atoms with Crippen LogP contribution in [0.4, 0.5) is 0 Å². The van der Waals surface area contributed by atoms with Crippen LogP contribution < -0.4 is 19.5 Å². The van der Waals surface area contributed by atoms with E-state index in [9.17, 15) is 9.59 Å². The molecular formula is C25H21NO6. The fourth-order valence-corrected chi connectivity index (χ4v) is 3.10. The maximum Gasteiger partial charge on any atom is 0.310 e. The minimum absolute atomic E-state index is 0.0147. The maximum absolute atomic E-state index is 12.3. The highest BCUT2D eigenvalue weighted by atomic mass is 16.6. The molecule has 0 saturated carbocycles. The van der Waals surface area contributed by atoms with E-state index in [1.807, 2.05) is 54.6 Å². The molecule has 32 heavy (non-hydrogen) atoms. The molecular weight excluding hydrogens is 410 g/mol. The van der Waals surface area contributed by atoms with Gasteiger partial charge in [0, 0.05) is 12.3 Å². The van der Waals surface area contributed by atoms with Gasteiger partial charge in [-0.3, -0.25) is 9.59 Å². The Hall–Kier alpha value is -4.26. The Kier molecular flexibility index (Phi) is 6.36. The first-order valence-electron chi connectivity index (χ1n) is 10.0. The lowest BCUT2D eigenvalue weighted by Crippen LogP contribution is -2.28. The lowest BCUT2D eigenvalue weighted by Gasteiger charge is -2.08. The Balaban J connectivity index is 1.54. The monoisotopic (exact) mass is 431 g/mol. The van der Waals surface area contributed by atoms with Gasteiger partial charge in [-0.1, -0.05) is 48.5 Å². The van der Waals surface area contributed by atoms with Gasteiger partial charge in [0.05, 0.1) is 12.1 Å².